The van der Waals surface area contributed by atoms with Gasteiger partial charge in [0.15, 0.2) is 0 Å². The Hall–Kier alpha value is -3.52. The van der Waals surface area contributed by atoms with Crippen LogP contribution in [0.5, 0.6) is 0 Å². The molecular weight excluding hydrogens is 596 g/mol. The van der Waals surface area contributed by atoms with Crippen LogP contribution in [0, 0.1) is 21.7 Å². The second kappa shape index (κ2) is 21.4. The first-order valence-corrected chi connectivity index (χ1v) is 16.4. The maximum Gasteiger partial charge on any atom is 0.351 e. The van der Waals surface area contributed by atoms with E-state index in [1.807, 2.05) is 98.7 Å². The Morgan fingerprint density at radius 3 is 1.26 bits per heavy atom. The first kappa shape index (κ1) is 45.6. The summed E-state index contributed by atoms with van der Waals surface area (Å²) in [6, 6.07) is 18.1. The highest BCUT2D eigenvalue weighted by Gasteiger charge is 2.46. The van der Waals surface area contributed by atoms with Gasteiger partial charge in [-0.25, -0.2) is 9.59 Å². The Morgan fingerprint density at radius 1 is 0.617 bits per heavy atom. The number of aldehydes is 1. The number of carbonyl (C=O) groups excluding carboxylic acids is 4. The van der Waals surface area contributed by atoms with Gasteiger partial charge in [-0.05, 0) is 35.8 Å². The first-order chi connectivity index (χ1) is 21.8. The molecule has 2 rings (SSSR count). The second-order valence-corrected chi connectivity index (χ2v) is 13.6. The molecule has 0 bridgehead atoms. The lowest BCUT2D eigenvalue weighted by molar-refractivity contribution is -0.193. The van der Waals surface area contributed by atoms with Gasteiger partial charge in [0, 0.05) is 12.5 Å². The van der Waals surface area contributed by atoms with Crippen molar-refractivity contribution in [1.29, 1.82) is 0 Å². The van der Waals surface area contributed by atoms with Crippen LogP contribution in [0.1, 0.15) is 108 Å². The molecule has 0 radical (unpaired) electrons. The van der Waals surface area contributed by atoms with Crippen molar-refractivity contribution in [1.82, 2.24) is 0 Å². The summed E-state index contributed by atoms with van der Waals surface area (Å²) in [5.74, 6) is -2.39. The number of benzene rings is 2. The van der Waals surface area contributed by atoms with Gasteiger partial charge in [-0.2, -0.15) is 0 Å². The Kier molecular flexibility index (Phi) is 20.7. The van der Waals surface area contributed by atoms with Gasteiger partial charge in [-0.3, -0.25) is 4.79 Å². The standard InChI is InChI=1S/C27H34O7.C8H16O.2C2H6/c1-26(2,3)27(4,5)25(30)34-22(24(29)33-18-20-15-11-8-12-16-20)21(31-6)23(28)32-17-19-13-9-7-10-14-19;1-7(2,3)8(4,5)6-9;2*1-2/h7-16,21-22H,17-18H2,1-6H3;6H,1-5H3;2*1-2H3. The van der Waals surface area contributed by atoms with Crippen molar-refractivity contribution < 1.29 is 38.1 Å². The molecule has 2 unspecified atom stereocenters. The zero-order valence-electron chi connectivity index (χ0n) is 31.7. The summed E-state index contributed by atoms with van der Waals surface area (Å²) < 4.78 is 21.6. The maximum atomic E-state index is 13.1. The van der Waals surface area contributed by atoms with Gasteiger partial charge in [0.05, 0.1) is 5.41 Å². The molecule has 0 fully saturated rings. The highest BCUT2D eigenvalue weighted by atomic mass is 16.6. The van der Waals surface area contributed by atoms with E-state index < -0.39 is 40.9 Å². The van der Waals surface area contributed by atoms with Crippen molar-refractivity contribution in [3.05, 3.63) is 71.8 Å². The average molecular weight is 659 g/mol. The third-order valence-electron chi connectivity index (χ3n) is 8.29. The van der Waals surface area contributed by atoms with E-state index in [1.165, 1.54) is 7.11 Å². The van der Waals surface area contributed by atoms with E-state index in [2.05, 4.69) is 20.8 Å². The van der Waals surface area contributed by atoms with Crippen LogP contribution in [-0.4, -0.2) is 43.5 Å². The molecule has 0 spiro atoms. The number of hydrogen-bond donors (Lipinski definition) is 0. The van der Waals surface area contributed by atoms with Crippen molar-refractivity contribution >= 4 is 24.2 Å². The van der Waals surface area contributed by atoms with Crippen LogP contribution < -0.4 is 0 Å². The molecule has 0 amide bonds. The van der Waals surface area contributed by atoms with Gasteiger partial charge in [-0.1, -0.05) is 144 Å². The summed E-state index contributed by atoms with van der Waals surface area (Å²) in [5.41, 5.74) is -0.0471. The fourth-order valence-corrected chi connectivity index (χ4v) is 2.94. The van der Waals surface area contributed by atoms with Gasteiger partial charge in [0.2, 0.25) is 12.2 Å². The van der Waals surface area contributed by atoms with Crippen LogP contribution in [0.15, 0.2) is 60.7 Å². The largest absolute Gasteiger partial charge is 0.459 e. The maximum absolute atomic E-state index is 13.1. The van der Waals surface area contributed by atoms with Crippen LogP contribution >= 0.6 is 0 Å². The quantitative estimate of drug-likeness (QED) is 0.134. The third-order valence-corrected chi connectivity index (χ3v) is 8.29. The summed E-state index contributed by atoms with van der Waals surface area (Å²) >= 11 is 0. The molecular formula is C39H62O8. The molecule has 0 saturated heterocycles. The molecule has 0 aliphatic rings. The Labute approximate surface area is 284 Å². The monoisotopic (exact) mass is 658 g/mol. The summed E-state index contributed by atoms with van der Waals surface area (Å²) in [6.45, 7) is 27.2. The minimum Gasteiger partial charge on any atom is -0.459 e. The second-order valence-electron chi connectivity index (χ2n) is 13.6. The minimum absolute atomic E-state index is 0.0211. The Bertz CT molecular complexity index is 1170. The summed E-state index contributed by atoms with van der Waals surface area (Å²) in [4.78, 5) is 49.4. The zero-order chi connectivity index (χ0) is 37.1. The molecule has 8 nitrogen and oxygen atoms in total. The van der Waals surface area contributed by atoms with Crippen molar-refractivity contribution in [3.63, 3.8) is 0 Å². The number of esters is 3. The molecule has 266 valence electrons. The highest BCUT2D eigenvalue weighted by molar-refractivity contribution is 5.88. The van der Waals surface area contributed by atoms with E-state index in [9.17, 15) is 19.2 Å². The van der Waals surface area contributed by atoms with E-state index in [1.54, 1.807) is 38.1 Å². The summed E-state index contributed by atoms with van der Waals surface area (Å²) in [7, 11) is 1.24. The molecule has 0 aromatic heterocycles. The summed E-state index contributed by atoms with van der Waals surface area (Å²) in [5, 5.41) is 0. The molecule has 0 saturated carbocycles. The highest BCUT2D eigenvalue weighted by Crippen LogP contribution is 2.39. The van der Waals surface area contributed by atoms with E-state index in [0.29, 0.717) is 0 Å². The molecule has 47 heavy (non-hydrogen) atoms. The molecule has 0 heterocycles. The first-order valence-electron chi connectivity index (χ1n) is 16.4. The molecule has 0 N–H and O–H groups in total. The summed E-state index contributed by atoms with van der Waals surface area (Å²) in [6.07, 6.45) is -2.11. The lowest BCUT2D eigenvalue weighted by atomic mass is 9.69. The van der Waals surface area contributed by atoms with Crippen molar-refractivity contribution in [3.8, 4) is 0 Å². The number of methoxy groups -OCH3 is 1. The molecule has 8 heteroatoms. The topological polar surface area (TPSA) is 105 Å². The van der Waals surface area contributed by atoms with Crippen LogP contribution in [0.4, 0.5) is 0 Å². The van der Waals surface area contributed by atoms with Crippen molar-refractivity contribution in [2.24, 2.45) is 21.7 Å². The SMILES string of the molecule is CC.CC.CC(C)(C)C(C)(C)C=O.COC(C(=O)OCc1ccccc1)C(OC(=O)C(C)(C)C(C)(C)C)C(=O)OCc1ccccc1. The van der Waals surface area contributed by atoms with Crippen LogP contribution in [0.3, 0.4) is 0 Å². The lowest BCUT2D eigenvalue weighted by Crippen LogP contribution is -2.49. The fraction of sp³-hybridized carbons (Fsp3) is 0.590. The number of ether oxygens (including phenoxy) is 4. The van der Waals surface area contributed by atoms with Gasteiger partial charge in [0.25, 0.3) is 0 Å². The average Bonchev–Trinajstić information content (AvgIpc) is 3.04. The fourth-order valence-electron chi connectivity index (χ4n) is 2.94. The number of carbonyl (C=O) groups is 4. The normalized spacial score (nSPS) is 12.6. The third kappa shape index (κ3) is 15.3. The Morgan fingerprint density at radius 2 is 0.979 bits per heavy atom. The van der Waals surface area contributed by atoms with E-state index >= 15 is 0 Å². The van der Waals surface area contributed by atoms with Crippen LogP contribution in [0.2, 0.25) is 0 Å². The predicted molar refractivity (Wildman–Crippen MR) is 188 cm³/mol. The van der Waals surface area contributed by atoms with Crippen LogP contribution in [-0.2, 0) is 51.3 Å². The van der Waals surface area contributed by atoms with E-state index in [4.69, 9.17) is 18.9 Å². The smallest absolute Gasteiger partial charge is 0.351 e. The van der Waals surface area contributed by atoms with Gasteiger partial charge in [0.1, 0.15) is 19.5 Å². The van der Waals surface area contributed by atoms with Gasteiger partial charge >= 0.3 is 17.9 Å². The van der Waals surface area contributed by atoms with Gasteiger partial charge in [-0.15, -0.1) is 0 Å². The van der Waals surface area contributed by atoms with Crippen molar-refractivity contribution in [2.75, 3.05) is 7.11 Å². The molecule has 2 aromatic carbocycles. The number of hydrogen-bond acceptors (Lipinski definition) is 8. The van der Waals surface area contributed by atoms with Crippen molar-refractivity contribution in [2.45, 2.75) is 122 Å². The lowest BCUT2D eigenvalue weighted by Gasteiger charge is -2.37. The molecule has 2 atom stereocenters. The number of rotatable bonds is 11. The predicted octanol–water partition coefficient (Wildman–Crippen LogP) is 8.78. The van der Waals surface area contributed by atoms with E-state index in [0.717, 1.165) is 17.4 Å². The minimum atomic E-state index is -1.63. The van der Waals surface area contributed by atoms with E-state index in [-0.39, 0.29) is 24.0 Å². The molecule has 0 aliphatic heterocycles. The van der Waals surface area contributed by atoms with Gasteiger partial charge < -0.3 is 23.7 Å². The molecule has 2 aromatic rings. The Balaban J connectivity index is 0. The van der Waals surface area contributed by atoms with Crippen LogP contribution in [0.25, 0.3) is 0 Å². The molecule has 0 aliphatic carbocycles. The zero-order valence-corrected chi connectivity index (χ0v) is 31.7.